The number of carboxylic acids is 1. The highest BCUT2D eigenvalue weighted by molar-refractivity contribution is 5.79. The second kappa shape index (κ2) is 6.80. The van der Waals surface area contributed by atoms with Crippen LogP contribution in [0.25, 0.3) is 0 Å². The van der Waals surface area contributed by atoms with Gasteiger partial charge in [-0.2, -0.15) is 0 Å². The number of benzene rings is 1. The van der Waals surface area contributed by atoms with Crippen LogP contribution in [0.2, 0.25) is 0 Å². The van der Waals surface area contributed by atoms with Crippen LogP contribution in [-0.4, -0.2) is 29.1 Å². The number of hydrogen-bond donors (Lipinski definition) is 1. The van der Waals surface area contributed by atoms with Crippen molar-refractivity contribution in [1.82, 2.24) is 4.90 Å². The van der Waals surface area contributed by atoms with E-state index in [2.05, 4.69) is 24.0 Å². The third-order valence-corrected chi connectivity index (χ3v) is 2.32. The number of likely N-dealkylation sites (N-methyl/N-ethyl adjacent to an activating group) is 1. The lowest BCUT2D eigenvalue weighted by molar-refractivity contribution is -0.131. The van der Waals surface area contributed by atoms with Crippen LogP contribution in [-0.2, 0) is 11.3 Å². The van der Waals surface area contributed by atoms with E-state index in [4.69, 9.17) is 5.11 Å². The van der Waals surface area contributed by atoms with Gasteiger partial charge in [0.1, 0.15) is 0 Å². The molecule has 1 N–H and O–H groups in total. The first-order valence-electron chi connectivity index (χ1n) is 5.38. The normalized spacial score (nSPS) is 11.1. The molecule has 1 aromatic rings. The lowest BCUT2D eigenvalue weighted by Gasteiger charge is -2.18. The average molecular weight is 219 g/mol. The standard InChI is InChI=1S/C13H17NO2/c1-2-14(10-6-9-13(15)16)11-12-7-4-3-5-8-12/h3-9H,2,10-11H2,1H3,(H,15,16)/b9-6+. The van der Waals surface area contributed by atoms with Crippen LogP contribution in [0, 0.1) is 0 Å². The minimum absolute atomic E-state index is 0.664. The van der Waals surface area contributed by atoms with Crippen molar-refractivity contribution < 1.29 is 9.90 Å². The van der Waals surface area contributed by atoms with Gasteiger partial charge in [-0.15, -0.1) is 0 Å². The molecule has 0 saturated carbocycles. The highest BCUT2D eigenvalue weighted by Gasteiger charge is 2.00. The largest absolute Gasteiger partial charge is 0.478 e. The summed E-state index contributed by atoms with van der Waals surface area (Å²) in [5, 5.41) is 8.48. The summed E-state index contributed by atoms with van der Waals surface area (Å²) >= 11 is 0. The van der Waals surface area contributed by atoms with Gasteiger partial charge in [0.15, 0.2) is 0 Å². The van der Waals surface area contributed by atoms with E-state index in [0.29, 0.717) is 6.54 Å². The van der Waals surface area contributed by atoms with E-state index in [1.54, 1.807) is 6.08 Å². The van der Waals surface area contributed by atoms with Crippen LogP contribution in [0.1, 0.15) is 12.5 Å². The molecule has 86 valence electrons. The molecule has 0 amide bonds. The molecule has 1 aromatic carbocycles. The number of hydrogen-bond acceptors (Lipinski definition) is 2. The Bertz CT molecular complexity index is 346. The topological polar surface area (TPSA) is 40.5 Å². The van der Waals surface area contributed by atoms with Crippen LogP contribution >= 0.6 is 0 Å². The number of carbonyl (C=O) groups is 1. The lowest BCUT2D eigenvalue weighted by atomic mass is 10.2. The quantitative estimate of drug-likeness (QED) is 0.745. The maximum absolute atomic E-state index is 10.3. The molecule has 0 aliphatic rings. The summed E-state index contributed by atoms with van der Waals surface area (Å²) in [5.41, 5.74) is 1.24. The first kappa shape index (κ1) is 12.5. The van der Waals surface area contributed by atoms with E-state index in [-0.39, 0.29) is 0 Å². The molecule has 0 saturated heterocycles. The first-order chi connectivity index (χ1) is 7.72. The van der Waals surface area contributed by atoms with E-state index < -0.39 is 5.97 Å². The third kappa shape index (κ3) is 4.75. The zero-order valence-corrected chi connectivity index (χ0v) is 9.47. The van der Waals surface area contributed by atoms with Crippen LogP contribution < -0.4 is 0 Å². The SMILES string of the molecule is CCN(C/C=C/C(=O)O)Cc1ccccc1. The summed E-state index contributed by atoms with van der Waals surface area (Å²) in [5.74, 6) is -0.893. The summed E-state index contributed by atoms with van der Waals surface area (Å²) in [6.45, 7) is 4.48. The Morgan fingerprint density at radius 3 is 2.62 bits per heavy atom. The van der Waals surface area contributed by atoms with E-state index in [1.807, 2.05) is 18.2 Å². The zero-order chi connectivity index (χ0) is 11.8. The first-order valence-corrected chi connectivity index (χ1v) is 5.38. The van der Waals surface area contributed by atoms with Gasteiger partial charge in [0.25, 0.3) is 0 Å². The van der Waals surface area contributed by atoms with E-state index >= 15 is 0 Å². The maximum atomic E-state index is 10.3. The molecular weight excluding hydrogens is 202 g/mol. The molecule has 3 heteroatoms. The summed E-state index contributed by atoms with van der Waals surface area (Å²) in [7, 11) is 0. The van der Waals surface area contributed by atoms with Crippen molar-refractivity contribution in [3.8, 4) is 0 Å². The van der Waals surface area contributed by atoms with Crippen molar-refractivity contribution in [3.63, 3.8) is 0 Å². The monoisotopic (exact) mass is 219 g/mol. The Labute approximate surface area is 96.0 Å². The van der Waals surface area contributed by atoms with Gasteiger partial charge in [0, 0.05) is 19.2 Å². The molecule has 0 aromatic heterocycles. The fourth-order valence-electron chi connectivity index (χ4n) is 1.45. The fourth-order valence-corrected chi connectivity index (χ4v) is 1.45. The Kier molecular flexibility index (Phi) is 5.29. The summed E-state index contributed by atoms with van der Waals surface area (Å²) in [4.78, 5) is 12.5. The van der Waals surface area contributed by atoms with Crippen molar-refractivity contribution in [2.45, 2.75) is 13.5 Å². The summed E-state index contributed by atoms with van der Waals surface area (Å²) < 4.78 is 0. The van der Waals surface area contributed by atoms with Crippen molar-refractivity contribution in [3.05, 3.63) is 48.0 Å². The molecular formula is C13H17NO2. The second-order valence-electron chi connectivity index (χ2n) is 3.55. The Hall–Kier alpha value is -1.61. The number of aliphatic carboxylic acids is 1. The van der Waals surface area contributed by atoms with Crippen LogP contribution in [0.5, 0.6) is 0 Å². The fraction of sp³-hybridized carbons (Fsp3) is 0.308. The predicted octanol–water partition coefficient (Wildman–Crippen LogP) is 2.15. The molecule has 0 spiro atoms. The van der Waals surface area contributed by atoms with Crippen LogP contribution in [0.15, 0.2) is 42.5 Å². The molecule has 16 heavy (non-hydrogen) atoms. The Morgan fingerprint density at radius 1 is 1.38 bits per heavy atom. The molecule has 1 rings (SSSR count). The Balaban J connectivity index is 2.46. The molecule has 0 bridgehead atoms. The number of rotatable bonds is 6. The van der Waals surface area contributed by atoms with Gasteiger partial charge in [0.2, 0.25) is 0 Å². The van der Waals surface area contributed by atoms with Gasteiger partial charge < -0.3 is 5.11 Å². The van der Waals surface area contributed by atoms with Gasteiger partial charge in [-0.3, -0.25) is 4.90 Å². The maximum Gasteiger partial charge on any atom is 0.328 e. The predicted molar refractivity (Wildman–Crippen MR) is 64.2 cm³/mol. The van der Waals surface area contributed by atoms with Crippen molar-refractivity contribution in [1.29, 1.82) is 0 Å². The minimum atomic E-state index is -0.893. The molecule has 0 radical (unpaired) electrons. The van der Waals surface area contributed by atoms with Gasteiger partial charge in [-0.05, 0) is 12.1 Å². The number of carboxylic acid groups (broad SMARTS) is 1. The highest BCUT2D eigenvalue weighted by Crippen LogP contribution is 2.03. The van der Waals surface area contributed by atoms with E-state index in [1.165, 1.54) is 11.6 Å². The second-order valence-corrected chi connectivity index (χ2v) is 3.55. The molecule has 3 nitrogen and oxygen atoms in total. The molecule has 0 unspecified atom stereocenters. The lowest BCUT2D eigenvalue weighted by Crippen LogP contribution is -2.22. The van der Waals surface area contributed by atoms with Gasteiger partial charge >= 0.3 is 5.97 Å². The molecule has 0 atom stereocenters. The Morgan fingerprint density at radius 2 is 2.06 bits per heavy atom. The van der Waals surface area contributed by atoms with Crippen LogP contribution in [0.3, 0.4) is 0 Å². The van der Waals surface area contributed by atoms with Crippen molar-refractivity contribution in [2.24, 2.45) is 0 Å². The van der Waals surface area contributed by atoms with Crippen molar-refractivity contribution in [2.75, 3.05) is 13.1 Å². The summed E-state index contributed by atoms with van der Waals surface area (Å²) in [6.07, 6.45) is 2.86. The zero-order valence-electron chi connectivity index (χ0n) is 9.47. The van der Waals surface area contributed by atoms with Gasteiger partial charge in [0.05, 0.1) is 0 Å². The molecule has 0 aliphatic heterocycles. The molecule has 0 heterocycles. The van der Waals surface area contributed by atoms with Crippen molar-refractivity contribution >= 4 is 5.97 Å². The van der Waals surface area contributed by atoms with E-state index in [0.717, 1.165) is 13.1 Å². The molecule has 0 fully saturated rings. The third-order valence-electron chi connectivity index (χ3n) is 2.32. The van der Waals surface area contributed by atoms with E-state index in [9.17, 15) is 4.79 Å². The van der Waals surface area contributed by atoms with Gasteiger partial charge in [-0.25, -0.2) is 4.79 Å². The smallest absolute Gasteiger partial charge is 0.328 e. The molecule has 0 aliphatic carbocycles. The van der Waals surface area contributed by atoms with Crippen LogP contribution in [0.4, 0.5) is 0 Å². The minimum Gasteiger partial charge on any atom is -0.478 e. The number of nitrogens with zero attached hydrogens (tertiary/aromatic N) is 1. The summed E-state index contributed by atoms with van der Waals surface area (Å²) in [6, 6.07) is 10.2. The van der Waals surface area contributed by atoms with Gasteiger partial charge in [-0.1, -0.05) is 43.3 Å². The highest BCUT2D eigenvalue weighted by atomic mass is 16.4. The average Bonchev–Trinajstić information content (AvgIpc) is 2.28.